The van der Waals surface area contributed by atoms with E-state index in [2.05, 4.69) is 9.88 Å². The molecule has 2 rings (SSSR count). The molecule has 0 unspecified atom stereocenters. The number of pyridine rings is 1. The van der Waals surface area contributed by atoms with Gasteiger partial charge in [0.05, 0.1) is 12.8 Å². The average Bonchev–Trinajstić information content (AvgIpc) is 2.39. The number of esters is 1. The first kappa shape index (κ1) is 11.9. The molecule has 2 heterocycles. The van der Waals surface area contributed by atoms with Gasteiger partial charge in [0.15, 0.2) is 0 Å². The lowest BCUT2D eigenvalue weighted by atomic mass is 10.0. The van der Waals surface area contributed by atoms with Gasteiger partial charge in [0.2, 0.25) is 0 Å². The lowest BCUT2D eigenvalue weighted by molar-refractivity contribution is 0.0601. The second-order valence-corrected chi connectivity index (χ2v) is 4.21. The van der Waals surface area contributed by atoms with Gasteiger partial charge >= 0.3 is 5.97 Å². The highest BCUT2D eigenvalue weighted by Gasteiger charge is 2.21. The summed E-state index contributed by atoms with van der Waals surface area (Å²) in [5.41, 5.74) is 7.28. The molecule has 2 N–H and O–H groups in total. The van der Waals surface area contributed by atoms with Crippen LogP contribution in [0, 0.1) is 0 Å². The largest absolute Gasteiger partial charge is 0.465 e. The zero-order valence-corrected chi connectivity index (χ0v) is 9.93. The first-order valence-electron chi connectivity index (χ1n) is 5.75. The maximum atomic E-state index is 11.6. The Kier molecular flexibility index (Phi) is 3.58. The molecule has 0 spiro atoms. The third kappa shape index (κ3) is 2.55. The highest BCUT2D eigenvalue weighted by atomic mass is 16.5. The van der Waals surface area contributed by atoms with Crippen LogP contribution in [0.25, 0.3) is 0 Å². The van der Waals surface area contributed by atoms with E-state index in [9.17, 15) is 4.79 Å². The summed E-state index contributed by atoms with van der Waals surface area (Å²) >= 11 is 0. The van der Waals surface area contributed by atoms with Crippen molar-refractivity contribution in [1.82, 2.24) is 4.98 Å². The van der Waals surface area contributed by atoms with Gasteiger partial charge in [-0.05, 0) is 18.9 Å². The molecule has 0 radical (unpaired) electrons. The van der Waals surface area contributed by atoms with Crippen LogP contribution in [-0.4, -0.2) is 37.2 Å². The first-order chi connectivity index (χ1) is 8.22. The molecule has 5 heteroatoms. The summed E-state index contributed by atoms with van der Waals surface area (Å²) in [7, 11) is 1.38. The van der Waals surface area contributed by atoms with Crippen molar-refractivity contribution in [2.45, 2.75) is 18.9 Å². The monoisotopic (exact) mass is 235 g/mol. The number of hydrogen-bond donors (Lipinski definition) is 1. The van der Waals surface area contributed by atoms with Crippen LogP contribution < -0.4 is 10.6 Å². The second kappa shape index (κ2) is 5.14. The number of anilines is 1. The zero-order chi connectivity index (χ0) is 12.3. The van der Waals surface area contributed by atoms with Crippen LogP contribution in [0.2, 0.25) is 0 Å². The Bertz CT molecular complexity index is 400. The summed E-state index contributed by atoms with van der Waals surface area (Å²) in [4.78, 5) is 17.8. The Morgan fingerprint density at radius 3 is 2.88 bits per heavy atom. The van der Waals surface area contributed by atoms with Crippen molar-refractivity contribution >= 4 is 11.7 Å². The van der Waals surface area contributed by atoms with Crippen molar-refractivity contribution in [2.75, 3.05) is 25.1 Å². The fourth-order valence-electron chi connectivity index (χ4n) is 2.07. The molecule has 0 amide bonds. The number of carbonyl (C=O) groups is 1. The van der Waals surface area contributed by atoms with E-state index in [0.717, 1.165) is 31.6 Å². The zero-order valence-electron chi connectivity index (χ0n) is 9.93. The van der Waals surface area contributed by atoms with E-state index in [4.69, 9.17) is 10.5 Å². The molecular formula is C12H17N3O2. The number of piperidine rings is 1. The third-order valence-electron chi connectivity index (χ3n) is 3.08. The molecule has 1 aromatic rings. The van der Waals surface area contributed by atoms with Crippen LogP contribution in [0.15, 0.2) is 18.5 Å². The third-order valence-corrected chi connectivity index (χ3v) is 3.08. The topological polar surface area (TPSA) is 68.5 Å². The molecule has 1 saturated heterocycles. The summed E-state index contributed by atoms with van der Waals surface area (Å²) < 4.78 is 4.76. The van der Waals surface area contributed by atoms with Crippen molar-refractivity contribution in [2.24, 2.45) is 5.73 Å². The number of carbonyl (C=O) groups excluding carboxylic acids is 1. The van der Waals surface area contributed by atoms with E-state index in [0.29, 0.717) is 5.56 Å². The number of nitrogens with two attached hydrogens (primary N) is 1. The molecule has 1 fully saturated rings. The lowest BCUT2D eigenvalue weighted by Gasteiger charge is -2.32. The van der Waals surface area contributed by atoms with Crippen LogP contribution in [0.5, 0.6) is 0 Å². The first-order valence-corrected chi connectivity index (χ1v) is 5.75. The minimum absolute atomic E-state index is 0.273. The van der Waals surface area contributed by atoms with E-state index in [1.165, 1.54) is 7.11 Å². The summed E-state index contributed by atoms with van der Waals surface area (Å²) in [6.07, 6.45) is 5.14. The smallest absolute Gasteiger partial charge is 0.341 e. The summed E-state index contributed by atoms with van der Waals surface area (Å²) in [5, 5.41) is 0. The van der Waals surface area contributed by atoms with Gasteiger partial charge in [0.25, 0.3) is 0 Å². The Morgan fingerprint density at radius 1 is 1.53 bits per heavy atom. The van der Waals surface area contributed by atoms with Crippen molar-refractivity contribution in [3.05, 3.63) is 24.0 Å². The Labute approximate surface area is 101 Å². The molecule has 0 saturated carbocycles. The molecule has 1 aliphatic heterocycles. The Balaban J connectivity index is 2.23. The maximum Gasteiger partial charge on any atom is 0.341 e. The second-order valence-electron chi connectivity index (χ2n) is 4.21. The molecular weight excluding hydrogens is 218 g/mol. The highest BCUT2D eigenvalue weighted by molar-refractivity contribution is 5.95. The van der Waals surface area contributed by atoms with Gasteiger partial charge in [0.1, 0.15) is 5.56 Å². The Morgan fingerprint density at radius 2 is 2.24 bits per heavy atom. The van der Waals surface area contributed by atoms with E-state index in [1.807, 2.05) is 6.07 Å². The molecule has 17 heavy (non-hydrogen) atoms. The minimum atomic E-state index is -0.344. The molecule has 1 aromatic heterocycles. The van der Waals surface area contributed by atoms with Crippen molar-refractivity contribution in [3.63, 3.8) is 0 Å². The van der Waals surface area contributed by atoms with Gasteiger partial charge < -0.3 is 15.4 Å². The van der Waals surface area contributed by atoms with Crippen molar-refractivity contribution < 1.29 is 9.53 Å². The van der Waals surface area contributed by atoms with Gasteiger partial charge in [-0.25, -0.2) is 4.79 Å². The predicted molar refractivity (Wildman–Crippen MR) is 65.0 cm³/mol. The molecule has 0 bridgehead atoms. The average molecular weight is 235 g/mol. The van der Waals surface area contributed by atoms with E-state index in [1.54, 1.807) is 12.4 Å². The standard InChI is InChI=1S/C12H17N3O2/c1-17-12(16)10-8-14-5-2-11(10)15-6-3-9(13)4-7-15/h2,5,8-9H,3-4,6-7,13H2,1H3. The summed E-state index contributed by atoms with van der Waals surface area (Å²) in [6.45, 7) is 1.74. The maximum absolute atomic E-state index is 11.6. The quantitative estimate of drug-likeness (QED) is 0.768. The van der Waals surface area contributed by atoms with Gasteiger partial charge in [-0.2, -0.15) is 0 Å². The summed E-state index contributed by atoms with van der Waals surface area (Å²) in [6, 6.07) is 2.12. The molecule has 0 aromatic carbocycles. The van der Waals surface area contributed by atoms with Crippen LogP contribution in [0.3, 0.4) is 0 Å². The number of rotatable bonds is 2. The SMILES string of the molecule is COC(=O)c1cnccc1N1CCC(N)CC1. The van der Waals surface area contributed by atoms with Gasteiger partial charge in [0, 0.05) is 31.5 Å². The minimum Gasteiger partial charge on any atom is -0.465 e. The lowest BCUT2D eigenvalue weighted by Crippen LogP contribution is -2.40. The fourth-order valence-corrected chi connectivity index (χ4v) is 2.07. The molecule has 0 atom stereocenters. The van der Waals surface area contributed by atoms with E-state index in [-0.39, 0.29) is 12.0 Å². The van der Waals surface area contributed by atoms with Crippen LogP contribution >= 0.6 is 0 Å². The van der Waals surface area contributed by atoms with Crippen LogP contribution in [0.4, 0.5) is 5.69 Å². The fraction of sp³-hybridized carbons (Fsp3) is 0.500. The van der Waals surface area contributed by atoms with Gasteiger partial charge in [-0.15, -0.1) is 0 Å². The number of methoxy groups -OCH3 is 1. The van der Waals surface area contributed by atoms with Crippen molar-refractivity contribution in [3.8, 4) is 0 Å². The predicted octanol–water partition coefficient (Wildman–Crippen LogP) is 0.796. The normalized spacial score (nSPS) is 16.9. The summed E-state index contributed by atoms with van der Waals surface area (Å²) in [5.74, 6) is -0.344. The number of nitrogens with zero attached hydrogens (tertiary/aromatic N) is 2. The van der Waals surface area contributed by atoms with Crippen molar-refractivity contribution in [1.29, 1.82) is 0 Å². The molecule has 1 aliphatic rings. The van der Waals surface area contributed by atoms with Crippen LogP contribution in [0.1, 0.15) is 23.2 Å². The molecule has 5 nitrogen and oxygen atoms in total. The highest BCUT2D eigenvalue weighted by Crippen LogP contribution is 2.23. The van der Waals surface area contributed by atoms with E-state index >= 15 is 0 Å². The van der Waals surface area contributed by atoms with Crippen LogP contribution in [-0.2, 0) is 4.74 Å². The molecule has 92 valence electrons. The van der Waals surface area contributed by atoms with Gasteiger partial charge in [-0.1, -0.05) is 0 Å². The number of aromatic nitrogens is 1. The number of hydrogen-bond acceptors (Lipinski definition) is 5. The van der Waals surface area contributed by atoms with E-state index < -0.39 is 0 Å². The van der Waals surface area contributed by atoms with Gasteiger partial charge in [-0.3, -0.25) is 4.98 Å². The number of ether oxygens (including phenoxy) is 1. The molecule has 0 aliphatic carbocycles. The Hall–Kier alpha value is -1.62.